The van der Waals surface area contributed by atoms with E-state index < -0.39 is 5.41 Å². The van der Waals surface area contributed by atoms with Crippen LogP contribution in [0.4, 0.5) is 17.1 Å². The molecule has 2 nitrogen and oxygen atoms in total. The van der Waals surface area contributed by atoms with E-state index in [1.165, 1.54) is 76.7 Å². The minimum Gasteiger partial charge on any atom is -0.310 e. The Morgan fingerprint density at radius 1 is 0.356 bits per heavy atom. The number of aromatic nitrogens is 1. The maximum absolute atomic E-state index is 2.49. The van der Waals surface area contributed by atoms with E-state index in [4.69, 9.17) is 0 Å². The van der Waals surface area contributed by atoms with Gasteiger partial charge in [-0.1, -0.05) is 182 Å². The van der Waals surface area contributed by atoms with Crippen LogP contribution in [0.3, 0.4) is 0 Å². The predicted octanol–water partition coefficient (Wildman–Crippen LogP) is 14.9. The van der Waals surface area contributed by atoms with Gasteiger partial charge in [-0.25, -0.2) is 0 Å². The Kier molecular flexibility index (Phi) is 7.48. The maximum atomic E-state index is 2.49. The van der Waals surface area contributed by atoms with E-state index >= 15 is 0 Å². The fourth-order valence-electron chi connectivity index (χ4n) is 10.2. The summed E-state index contributed by atoms with van der Waals surface area (Å²) in [5.74, 6) is 0. The number of benzene rings is 10. The second-order valence-electron chi connectivity index (χ2n) is 15.6. The van der Waals surface area contributed by atoms with Crippen molar-refractivity contribution in [2.45, 2.75) is 5.41 Å². The summed E-state index contributed by atoms with van der Waals surface area (Å²) in [5.41, 5.74) is 14.0. The van der Waals surface area contributed by atoms with Gasteiger partial charge in [0.15, 0.2) is 0 Å². The maximum Gasteiger partial charge on any atom is 0.0714 e. The molecule has 0 spiro atoms. The Bertz CT molecular complexity index is 3340. The number of rotatable bonds is 6. The van der Waals surface area contributed by atoms with Crippen molar-refractivity contribution < 1.29 is 0 Å². The SMILES string of the molecule is c1ccc(-n2c3ccccc3c3ccc(N(c4ccc5c(c4)C(c4ccccc4)(c4ccccc4)c4ccc6ccccc6c4-5)c4cccc5ccccc45)cc32)cc1. The van der Waals surface area contributed by atoms with Gasteiger partial charge in [0, 0.05) is 33.2 Å². The quantitative estimate of drug-likeness (QED) is 0.164. The smallest absolute Gasteiger partial charge is 0.0714 e. The Labute approximate surface area is 343 Å². The van der Waals surface area contributed by atoms with Crippen LogP contribution in [0.15, 0.2) is 231 Å². The zero-order valence-corrected chi connectivity index (χ0v) is 32.3. The fourth-order valence-corrected chi connectivity index (χ4v) is 10.2. The highest BCUT2D eigenvalue weighted by Gasteiger charge is 2.47. The Morgan fingerprint density at radius 3 is 1.66 bits per heavy atom. The van der Waals surface area contributed by atoms with E-state index in [9.17, 15) is 0 Å². The van der Waals surface area contributed by atoms with Crippen molar-refractivity contribution in [1.82, 2.24) is 4.57 Å². The molecule has 1 heterocycles. The molecule has 0 radical (unpaired) electrons. The Balaban J connectivity index is 1.18. The number of hydrogen-bond acceptors (Lipinski definition) is 1. The van der Waals surface area contributed by atoms with Crippen LogP contribution in [0.2, 0.25) is 0 Å². The molecule has 1 aliphatic rings. The molecule has 0 fully saturated rings. The minimum absolute atomic E-state index is 0.554. The van der Waals surface area contributed by atoms with E-state index in [0.29, 0.717) is 0 Å². The lowest BCUT2D eigenvalue weighted by atomic mass is 9.67. The van der Waals surface area contributed by atoms with E-state index in [1.54, 1.807) is 0 Å². The summed E-state index contributed by atoms with van der Waals surface area (Å²) in [6.45, 7) is 0. The van der Waals surface area contributed by atoms with Crippen molar-refractivity contribution in [1.29, 1.82) is 0 Å². The van der Waals surface area contributed by atoms with Gasteiger partial charge in [0.2, 0.25) is 0 Å². The number of anilines is 3. The van der Waals surface area contributed by atoms with E-state index in [0.717, 1.165) is 22.7 Å². The number of nitrogens with zero attached hydrogens (tertiary/aromatic N) is 2. The third-order valence-electron chi connectivity index (χ3n) is 12.6. The molecule has 1 aromatic heterocycles. The van der Waals surface area contributed by atoms with Crippen molar-refractivity contribution in [2.24, 2.45) is 0 Å². The number of hydrogen-bond donors (Lipinski definition) is 0. The summed E-state index contributed by atoms with van der Waals surface area (Å²) in [7, 11) is 0. The van der Waals surface area contributed by atoms with Crippen molar-refractivity contribution in [2.75, 3.05) is 4.90 Å². The monoisotopic (exact) mass is 750 g/mol. The molecule has 10 aromatic carbocycles. The summed E-state index contributed by atoms with van der Waals surface area (Å²) in [6.07, 6.45) is 0. The molecule has 0 saturated carbocycles. The van der Waals surface area contributed by atoms with Gasteiger partial charge in [-0.3, -0.25) is 0 Å². The highest BCUT2D eigenvalue weighted by molar-refractivity contribution is 6.11. The van der Waals surface area contributed by atoms with Gasteiger partial charge in [0.05, 0.1) is 22.1 Å². The molecule has 0 atom stereocenters. The van der Waals surface area contributed by atoms with Gasteiger partial charge in [0.25, 0.3) is 0 Å². The van der Waals surface area contributed by atoms with Gasteiger partial charge < -0.3 is 9.47 Å². The number of para-hydroxylation sites is 2. The zero-order chi connectivity index (χ0) is 38.9. The summed E-state index contributed by atoms with van der Waals surface area (Å²) in [6, 6.07) is 85.0. The van der Waals surface area contributed by atoms with E-state index in [1.807, 2.05) is 0 Å². The normalized spacial score (nSPS) is 12.9. The highest BCUT2D eigenvalue weighted by atomic mass is 15.1. The average molecular weight is 751 g/mol. The van der Waals surface area contributed by atoms with Gasteiger partial charge in [-0.2, -0.15) is 0 Å². The molecule has 12 rings (SSSR count). The third-order valence-corrected chi connectivity index (χ3v) is 12.6. The van der Waals surface area contributed by atoms with Crippen LogP contribution < -0.4 is 4.90 Å². The molecule has 59 heavy (non-hydrogen) atoms. The van der Waals surface area contributed by atoms with Crippen LogP contribution in [0.25, 0.3) is 60.2 Å². The largest absolute Gasteiger partial charge is 0.310 e. The summed E-state index contributed by atoms with van der Waals surface area (Å²) >= 11 is 0. The van der Waals surface area contributed by atoms with Crippen molar-refractivity contribution in [3.63, 3.8) is 0 Å². The van der Waals surface area contributed by atoms with Gasteiger partial charge in [-0.05, 0) is 98.1 Å². The molecule has 0 N–H and O–H groups in total. The van der Waals surface area contributed by atoms with Crippen LogP contribution >= 0.6 is 0 Å². The fraction of sp³-hybridized carbons (Fsp3) is 0.0175. The van der Waals surface area contributed by atoms with Crippen LogP contribution in [-0.2, 0) is 5.41 Å². The lowest BCUT2D eigenvalue weighted by Crippen LogP contribution is -2.28. The summed E-state index contributed by atoms with van der Waals surface area (Å²) in [4.78, 5) is 2.48. The first kappa shape index (κ1) is 33.5. The molecule has 1 aliphatic carbocycles. The Morgan fingerprint density at radius 2 is 0.915 bits per heavy atom. The first-order valence-electron chi connectivity index (χ1n) is 20.4. The molecule has 0 bridgehead atoms. The van der Waals surface area contributed by atoms with Gasteiger partial charge in [-0.15, -0.1) is 0 Å². The van der Waals surface area contributed by atoms with Crippen molar-refractivity contribution in [3.8, 4) is 16.8 Å². The second kappa shape index (κ2) is 13.2. The van der Waals surface area contributed by atoms with Gasteiger partial charge in [0.1, 0.15) is 0 Å². The number of fused-ring (bicyclic) bond motifs is 9. The van der Waals surface area contributed by atoms with Crippen LogP contribution in [0.5, 0.6) is 0 Å². The van der Waals surface area contributed by atoms with Crippen molar-refractivity contribution in [3.05, 3.63) is 253 Å². The average Bonchev–Trinajstić information content (AvgIpc) is 3.80. The molecule has 0 amide bonds. The lowest BCUT2D eigenvalue weighted by Gasteiger charge is -2.35. The molecule has 2 heteroatoms. The van der Waals surface area contributed by atoms with Crippen LogP contribution in [0, 0.1) is 0 Å². The predicted molar refractivity (Wildman–Crippen MR) is 248 cm³/mol. The van der Waals surface area contributed by atoms with Crippen LogP contribution in [-0.4, -0.2) is 4.57 Å². The molecule has 0 unspecified atom stereocenters. The second-order valence-corrected chi connectivity index (χ2v) is 15.6. The molecule has 0 saturated heterocycles. The molecule has 276 valence electrons. The van der Waals surface area contributed by atoms with Crippen LogP contribution in [0.1, 0.15) is 22.3 Å². The standard InChI is InChI=1S/C57H38N2/c1-4-20-41(21-5-1)57(42-22-6-2-7-23-42)51-36-31-40-18-11-13-27-47(40)56(51)50-35-33-44(37-52(50)57)58(53-30-16-19-39-17-10-12-26-46(39)53)45-32-34-49-48-28-14-15-29-54(48)59(55(49)38-45)43-24-8-3-9-25-43/h1-38H. The molecule has 0 aliphatic heterocycles. The first-order valence-corrected chi connectivity index (χ1v) is 20.4. The Hall–Kier alpha value is -7.68. The van der Waals surface area contributed by atoms with Crippen molar-refractivity contribution >= 4 is 60.4 Å². The first-order chi connectivity index (χ1) is 29.3. The molecular weight excluding hydrogens is 713 g/mol. The minimum atomic E-state index is -0.554. The summed E-state index contributed by atoms with van der Waals surface area (Å²) < 4.78 is 2.41. The van der Waals surface area contributed by atoms with Gasteiger partial charge >= 0.3 is 0 Å². The highest BCUT2D eigenvalue weighted by Crippen LogP contribution is 2.59. The lowest BCUT2D eigenvalue weighted by molar-refractivity contribution is 0.769. The third kappa shape index (κ3) is 4.93. The zero-order valence-electron chi connectivity index (χ0n) is 32.3. The molecule has 11 aromatic rings. The van der Waals surface area contributed by atoms with E-state index in [-0.39, 0.29) is 0 Å². The topological polar surface area (TPSA) is 8.17 Å². The summed E-state index contributed by atoms with van der Waals surface area (Å²) in [5, 5.41) is 7.40. The van der Waals surface area contributed by atoms with E-state index in [2.05, 4.69) is 240 Å². The molecular formula is C57H38N2.